The molecule has 2 aromatic carbocycles. The molecule has 0 aliphatic heterocycles. The first-order valence-corrected chi connectivity index (χ1v) is 8.82. The first kappa shape index (κ1) is 19.4. The van der Waals surface area contributed by atoms with Crippen molar-refractivity contribution in [1.29, 1.82) is 0 Å². The van der Waals surface area contributed by atoms with Crippen molar-refractivity contribution < 1.29 is 19.1 Å². The molecule has 146 valence electrons. The Bertz CT molecular complexity index is 1080. The number of ether oxygens (including phenoxy) is 2. The van der Waals surface area contributed by atoms with Gasteiger partial charge in [-0.3, -0.25) is 4.57 Å². The average molecular weight is 382 g/mol. The summed E-state index contributed by atoms with van der Waals surface area (Å²) in [5, 5.41) is 0. The van der Waals surface area contributed by atoms with E-state index in [1.807, 2.05) is 0 Å². The van der Waals surface area contributed by atoms with Crippen LogP contribution in [0, 0.1) is 0 Å². The Kier molecular flexibility index (Phi) is 5.09. The van der Waals surface area contributed by atoms with Crippen LogP contribution in [0.15, 0.2) is 53.3 Å². The summed E-state index contributed by atoms with van der Waals surface area (Å²) in [6, 6.07) is 13.8. The zero-order valence-corrected chi connectivity index (χ0v) is 16.3. The van der Waals surface area contributed by atoms with Gasteiger partial charge in [-0.15, -0.1) is 0 Å². The summed E-state index contributed by atoms with van der Waals surface area (Å²) < 4.78 is 12.6. The third-order valence-corrected chi connectivity index (χ3v) is 4.13. The van der Waals surface area contributed by atoms with Crippen molar-refractivity contribution in [3.63, 3.8) is 0 Å². The molecular weight excluding hydrogens is 360 g/mol. The fourth-order valence-corrected chi connectivity index (χ4v) is 2.89. The van der Waals surface area contributed by atoms with Crippen LogP contribution in [0.2, 0.25) is 0 Å². The number of esters is 1. The molecule has 7 heteroatoms. The molecule has 28 heavy (non-hydrogen) atoms. The maximum Gasteiger partial charge on any atom is 0.423 e. The van der Waals surface area contributed by atoms with Gasteiger partial charge in [-0.05, 0) is 50.6 Å². The minimum absolute atomic E-state index is 0.247. The van der Waals surface area contributed by atoms with Crippen LogP contribution < -0.4 is 5.69 Å². The Balaban J connectivity index is 2.02. The molecule has 1 heterocycles. The number of methoxy groups -OCH3 is 1. The molecule has 0 aliphatic rings. The zero-order chi connectivity index (χ0) is 20.5. The summed E-state index contributed by atoms with van der Waals surface area (Å²) in [6.07, 6.45) is -0.714. The van der Waals surface area contributed by atoms with E-state index in [4.69, 9.17) is 9.47 Å². The quantitative estimate of drug-likeness (QED) is 0.649. The van der Waals surface area contributed by atoms with Crippen molar-refractivity contribution >= 4 is 23.1 Å². The number of para-hydroxylation sites is 2. The second kappa shape index (κ2) is 7.34. The summed E-state index contributed by atoms with van der Waals surface area (Å²) in [7, 11) is 1.32. The van der Waals surface area contributed by atoms with Gasteiger partial charge in [0.05, 0.1) is 30.3 Å². The normalized spacial score (nSPS) is 11.4. The molecule has 3 aromatic rings. The molecule has 0 aliphatic carbocycles. The van der Waals surface area contributed by atoms with Gasteiger partial charge in [0.1, 0.15) is 5.60 Å². The van der Waals surface area contributed by atoms with Crippen LogP contribution in [0.4, 0.5) is 4.79 Å². The molecule has 0 saturated carbocycles. The van der Waals surface area contributed by atoms with Gasteiger partial charge in [-0.1, -0.05) is 24.3 Å². The summed E-state index contributed by atoms with van der Waals surface area (Å²) in [5.41, 5.74) is 1.14. The highest BCUT2D eigenvalue weighted by atomic mass is 16.6. The zero-order valence-electron chi connectivity index (χ0n) is 16.3. The number of imidazole rings is 1. The van der Waals surface area contributed by atoms with Crippen molar-refractivity contribution in [1.82, 2.24) is 9.13 Å². The van der Waals surface area contributed by atoms with Gasteiger partial charge in [-0.25, -0.2) is 14.4 Å². The molecule has 0 atom stereocenters. The topological polar surface area (TPSA) is 79.5 Å². The van der Waals surface area contributed by atoms with Gasteiger partial charge >= 0.3 is 17.8 Å². The van der Waals surface area contributed by atoms with Gasteiger partial charge in [0.2, 0.25) is 0 Å². The number of rotatable bonds is 3. The summed E-state index contributed by atoms with van der Waals surface area (Å²) >= 11 is 0. The maximum atomic E-state index is 13.0. The van der Waals surface area contributed by atoms with E-state index < -0.39 is 23.4 Å². The van der Waals surface area contributed by atoms with Gasteiger partial charge in [0.15, 0.2) is 0 Å². The van der Waals surface area contributed by atoms with Crippen LogP contribution in [-0.4, -0.2) is 33.9 Å². The Labute approximate surface area is 162 Å². The van der Waals surface area contributed by atoms with Crippen LogP contribution >= 0.6 is 0 Å². The van der Waals surface area contributed by atoms with Crippen molar-refractivity contribution in [3.05, 3.63) is 70.1 Å². The molecule has 0 saturated heterocycles. The third-order valence-electron chi connectivity index (χ3n) is 4.13. The second-order valence-electron chi connectivity index (χ2n) is 7.36. The number of nitrogens with zero attached hydrogens (tertiary/aromatic N) is 2. The van der Waals surface area contributed by atoms with Gasteiger partial charge in [0.25, 0.3) is 0 Å². The molecule has 0 unspecified atom stereocenters. The lowest BCUT2D eigenvalue weighted by Gasteiger charge is -2.19. The summed E-state index contributed by atoms with van der Waals surface area (Å²) in [5.74, 6) is -0.426. The van der Waals surface area contributed by atoms with E-state index in [1.165, 1.54) is 11.7 Å². The Morgan fingerprint density at radius 2 is 1.57 bits per heavy atom. The largest absolute Gasteiger partial charge is 0.465 e. The summed E-state index contributed by atoms with van der Waals surface area (Å²) in [4.78, 5) is 37.2. The predicted octanol–water partition coefficient (Wildman–Crippen LogP) is 3.42. The lowest BCUT2D eigenvalue weighted by Crippen LogP contribution is -2.34. The van der Waals surface area contributed by atoms with E-state index in [2.05, 4.69) is 0 Å². The van der Waals surface area contributed by atoms with Gasteiger partial charge in [-0.2, -0.15) is 4.57 Å². The standard InChI is InChI=1S/C21H22N2O5/c1-21(2,3)28-20(26)23-17-8-6-5-7-16(17)22(19(23)25)13-14-9-11-15(12-10-14)18(24)27-4/h5-12H,13H2,1-4H3. The molecule has 0 bridgehead atoms. The Morgan fingerprint density at radius 3 is 2.14 bits per heavy atom. The van der Waals surface area contributed by atoms with Crippen LogP contribution in [0.1, 0.15) is 36.7 Å². The number of aromatic nitrogens is 2. The van der Waals surface area contributed by atoms with E-state index in [1.54, 1.807) is 69.3 Å². The molecule has 0 N–H and O–H groups in total. The van der Waals surface area contributed by atoms with Crippen LogP contribution in [0.3, 0.4) is 0 Å². The highest BCUT2D eigenvalue weighted by Gasteiger charge is 2.23. The molecule has 0 fully saturated rings. The molecular formula is C21H22N2O5. The second-order valence-corrected chi connectivity index (χ2v) is 7.36. The monoisotopic (exact) mass is 382 g/mol. The Hall–Kier alpha value is -3.35. The smallest absolute Gasteiger partial charge is 0.423 e. The lowest BCUT2D eigenvalue weighted by atomic mass is 10.1. The van der Waals surface area contributed by atoms with Gasteiger partial charge < -0.3 is 9.47 Å². The molecule has 3 rings (SSSR count). The SMILES string of the molecule is COC(=O)c1ccc(Cn2c(=O)n(C(=O)OC(C)(C)C)c3ccccc32)cc1. The number of benzene rings is 2. The molecule has 7 nitrogen and oxygen atoms in total. The molecule has 0 radical (unpaired) electrons. The minimum atomic E-state index is -0.719. The van der Waals surface area contributed by atoms with E-state index in [0.29, 0.717) is 16.6 Å². The van der Waals surface area contributed by atoms with Crippen LogP contribution in [0.25, 0.3) is 11.0 Å². The first-order chi connectivity index (χ1) is 13.2. The van der Waals surface area contributed by atoms with Crippen LogP contribution in [0.5, 0.6) is 0 Å². The fourth-order valence-electron chi connectivity index (χ4n) is 2.89. The fraction of sp³-hybridized carbons (Fsp3) is 0.286. The van der Waals surface area contributed by atoms with Crippen molar-refractivity contribution in [2.24, 2.45) is 0 Å². The maximum absolute atomic E-state index is 13.0. The van der Waals surface area contributed by atoms with Gasteiger partial charge in [0, 0.05) is 0 Å². The van der Waals surface area contributed by atoms with Crippen LogP contribution in [-0.2, 0) is 16.0 Å². The van der Waals surface area contributed by atoms with E-state index >= 15 is 0 Å². The van der Waals surface area contributed by atoms with E-state index in [0.717, 1.165) is 10.1 Å². The highest BCUT2D eigenvalue weighted by Crippen LogP contribution is 2.17. The first-order valence-electron chi connectivity index (χ1n) is 8.82. The Morgan fingerprint density at radius 1 is 0.964 bits per heavy atom. The molecule has 1 aromatic heterocycles. The van der Waals surface area contributed by atoms with E-state index in [-0.39, 0.29) is 6.54 Å². The highest BCUT2D eigenvalue weighted by molar-refractivity contribution is 5.89. The van der Waals surface area contributed by atoms with Crippen molar-refractivity contribution in [2.75, 3.05) is 7.11 Å². The predicted molar refractivity (Wildman–Crippen MR) is 105 cm³/mol. The minimum Gasteiger partial charge on any atom is -0.465 e. The lowest BCUT2D eigenvalue weighted by molar-refractivity contribution is 0.0535. The van der Waals surface area contributed by atoms with Crippen molar-refractivity contribution in [3.8, 4) is 0 Å². The van der Waals surface area contributed by atoms with E-state index in [9.17, 15) is 14.4 Å². The third kappa shape index (κ3) is 3.83. The van der Waals surface area contributed by atoms with Crippen molar-refractivity contribution in [2.45, 2.75) is 32.9 Å². The molecule has 0 amide bonds. The number of hydrogen-bond donors (Lipinski definition) is 0. The number of carbonyl (C=O) groups excluding carboxylic acids is 2. The molecule has 0 spiro atoms. The summed E-state index contributed by atoms with van der Waals surface area (Å²) in [6.45, 7) is 5.49. The number of carbonyl (C=O) groups is 2. The average Bonchev–Trinajstić information content (AvgIpc) is 2.92. The number of hydrogen-bond acceptors (Lipinski definition) is 5. The number of fused-ring (bicyclic) bond motifs is 1.